The minimum absolute atomic E-state index is 0.0411. The Hall–Kier alpha value is -1.58. The highest BCUT2D eigenvalue weighted by Gasteiger charge is 2.20. The number of nitrogens with one attached hydrogen (secondary N) is 1. The Bertz CT molecular complexity index is 602. The van der Waals surface area contributed by atoms with E-state index in [0.717, 1.165) is 11.1 Å². The van der Waals surface area contributed by atoms with Crippen molar-refractivity contribution in [1.29, 1.82) is 0 Å². The van der Waals surface area contributed by atoms with E-state index < -0.39 is 0 Å². The summed E-state index contributed by atoms with van der Waals surface area (Å²) in [5, 5.41) is 3.57. The lowest BCUT2D eigenvalue weighted by Gasteiger charge is -2.27. The Morgan fingerprint density at radius 2 is 2.05 bits per heavy atom. The molecule has 1 aliphatic rings. The SMILES string of the molecule is Fc1cc(Cl)ccc1NC1COCc2ccccc21. The summed E-state index contributed by atoms with van der Waals surface area (Å²) in [5.74, 6) is -0.351. The molecule has 3 rings (SSSR count). The monoisotopic (exact) mass is 277 g/mol. The van der Waals surface area contributed by atoms with Gasteiger partial charge in [0.15, 0.2) is 0 Å². The lowest BCUT2D eigenvalue weighted by Crippen LogP contribution is -2.23. The molecule has 1 N–H and O–H groups in total. The van der Waals surface area contributed by atoms with E-state index in [-0.39, 0.29) is 11.9 Å². The molecule has 19 heavy (non-hydrogen) atoms. The van der Waals surface area contributed by atoms with Crippen LogP contribution in [-0.4, -0.2) is 6.61 Å². The fourth-order valence-corrected chi connectivity index (χ4v) is 2.45. The van der Waals surface area contributed by atoms with Gasteiger partial charge in [-0.15, -0.1) is 0 Å². The van der Waals surface area contributed by atoms with Gasteiger partial charge in [-0.25, -0.2) is 4.39 Å². The van der Waals surface area contributed by atoms with Gasteiger partial charge in [-0.1, -0.05) is 35.9 Å². The molecular formula is C15H13ClFNO. The van der Waals surface area contributed by atoms with Gasteiger partial charge >= 0.3 is 0 Å². The van der Waals surface area contributed by atoms with Gasteiger partial charge in [-0.3, -0.25) is 0 Å². The zero-order valence-electron chi connectivity index (χ0n) is 10.2. The number of rotatable bonds is 2. The topological polar surface area (TPSA) is 21.3 Å². The molecule has 0 saturated heterocycles. The molecule has 2 aromatic rings. The van der Waals surface area contributed by atoms with E-state index in [4.69, 9.17) is 16.3 Å². The number of ether oxygens (including phenoxy) is 1. The number of benzene rings is 2. The molecular weight excluding hydrogens is 265 g/mol. The van der Waals surface area contributed by atoms with Crippen LogP contribution in [0.4, 0.5) is 10.1 Å². The van der Waals surface area contributed by atoms with Crippen molar-refractivity contribution >= 4 is 17.3 Å². The fourth-order valence-electron chi connectivity index (χ4n) is 2.30. The third kappa shape index (κ3) is 2.57. The summed E-state index contributed by atoms with van der Waals surface area (Å²) in [6.07, 6.45) is 0. The minimum atomic E-state index is -0.351. The van der Waals surface area contributed by atoms with Gasteiger partial charge in [0, 0.05) is 5.02 Å². The van der Waals surface area contributed by atoms with Gasteiger partial charge in [-0.05, 0) is 29.3 Å². The normalized spacial score (nSPS) is 17.9. The average molecular weight is 278 g/mol. The summed E-state index contributed by atoms with van der Waals surface area (Å²) < 4.78 is 19.3. The standard InChI is InChI=1S/C15H13ClFNO/c16-11-5-6-14(13(17)7-11)18-15-9-19-8-10-3-1-2-4-12(10)15/h1-7,15,18H,8-9H2. The van der Waals surface area contributed by atoms with E-state index >= 15 is 0 Å². The molecule has 0 radical (unpaired) electrons. The number of hydrogen-bond donors (Lipinski definition) is 1. The van der Waals surface area contributed by atoms with Gasteiger partial charge in [0.05, 0.1) is 24.9 Å². The maximum atomic E-state index is 13.8. The van der Waals surface area contributed by atoms with Gasteiger partial charge in [0.1, 0.15) is 5.82 Å². The first-order chi connectivity index (χ1) is 9.24. The smallest absolute Gasteiger partial charge is 0.147 e. The molecule has 2 aromatic carbocycles. The number of anilines is 1. The third-order valence-electron chi connectivity index (χ3n) is 3.23. The van der Waals surface area contributed by atoms with E-state index in [2.05, 4.69) is 5.32 Å². The van der Waals surface area contributed by atoms with Crippen molar-refractivity contribution in [2.24, 2.45) is 0 Å². The van der Waals surface area contributed by atoms with Crippen LogP contribution in [0.1, 0.15) is 17.2 Å². The highest BCUT2D eigenvalue weighted by molar-refractivity contribution is 6.30. The molecule has 0 saturated carbocycles. The zero-order valence-corrected chi connectivity index (χ0v) is 11.0. The second kappa shape index (κ2) is 5.19. The second-order valence-electron chi connectivity index (χ2n) is 4.54. The molecule has 98 valence electrons. The van der Waals surface area contributed by atoms with Crippen molar-refractivity contribution in [2.45, 2.75) is 12.6 Å². The number of hydrogen-bond acceptors (Lipinski definition) is 2. The zero-order chi connectivity index (χ0) is 13.2. The van der Waals surface area contributed by atoms with Gasteiger partial charge in [0.2, 0.25) is 0 Å². The molecule has 0 bridgehead atoms. The molecule has 1 unspecified atom stereocenters. The Labute approximate surface area is 116 Å². The van der Waals surface area contributed by atoms with Crippen LogP contribution in [0, 0.1) is 5.82 Å². The van der Waals surface area contributed by atoms with Crippen molar-refractivity contribution in [3.63, 3.8) is 0 Å². The van der Waals surface area contributed by atoms with Crippen LogP contribution in [0.15, 0.2) is 42.5 Å². The fraction of sp³-hybridized carbons (Fsp3) is 0.200. The first-order valence-electron chi connectivity index (χ1n) is 6.11. The first-order valence-corrected chi connectivity index (χ1v) is 6.49. The van der Waals surface area contributed by atoms with Gasteiger partial charge < -0.3 is 10.1 Å². The van der Waals surface area contributed by atoms with Crippen molar-refractivity contribution in [2.75, 3.05) is 11.9 Å². The minimum Gasteiger partial charge on any atom is -0.374 e. The Kier molecular flexibility index (Phi) is 3.40. The van der Waals surface area contributed by atoms with Crippen molar-refractivity contribution in [3.05, 3.63) is 64.4 Å². The van der Waals surface area contributed by atoms with Crippen LogP contribution >= 0.6 is 11.6 Å². The van der Waals surface area contributed by atoms with Crippen molar-refractivity contribution in [3.8, 4) is 0 Å². The highest BCUT2D eigenvalue weighted by atomic mass is 35.5. The third-order valence-corrected chi connectivity index (χ3v) is 3.47. The Morgan fingerprint density at radius 1 is 1.21 bits per heavy atom. The van der Waals surface area contributed by atoms with Crippen molar-refractivity contribution < 1.29 is 9.13 Å². The quantitative estimate of drug-likeness (QED) is 0.890. The van der Waals surface area contributed by atoms with E-state index in [1.165, 1.54) is 6.07 Å². The summed E-state index contributed by atoms with van der Waals surface area (Å²) in [6, 6.07) is 12.6. The van der Waals surface area contributed by atoms with Gasteiger partial charge in [-0.2, -0.15) is 0 Å². The second-order valence-corrected chi connectivity index (χ2v) is 4.97. The van der Waals surface area contributed by atoms with Crippen LogP contribution in [-0.2, 0) is 11.3 Å². The van der Waals surface area contributed by atoms with E-state index in [1.54, 1.807) is 12.1 Å². The maximum Gasteiger partial charge on any atom is 0.147 e. The maximum absolute atomic E-state index is 13.8. The number of halogens is 2. The summed E-state index contributed by atoms with van der Waals surface area (Å²) in [4.78, 5) is 0. The van der Waals surface area contributed by atoms with Crippen LogP contribution in [0.3, 0.4) is 0 Å². The first kappa shape index (κ1) is 12.5. The van der Waals surface area contributed by atoms with Gasteiger partial charge in [0.25, 0.3) is 0 Å². The Balaban J connectivity index is 1.88. The lowest BCUT2D eigenvalue weighted by molar-refractivity contribution is 0.0969. The molecule has 2 nitrogen and oxygen atoms in total. The molecule has 0 aromatic heterocycles. The summed E-state index contributed by atoms with van der Waals surface area (Å²) in [7, 11) is 0. The molecule has 1 aliphatic heterocycles. The van der Waals surface area contributed by atoms with Crippen LogP contribution in [0.2, 0.25) is 5.02 Å². The molecule has 0 spiro atoms. The van der Waals surface area contributed by atoms with Crippen LogP contribution in [0.5, 0.6) is 0 Å². The van der Waals surface area contributed by atoms with Crippen LogP contribution in [0.25, 0.3) is 0 Å². The highest BCUT2D eigenvalue weighted by Crippen LogP contribution is 2.29. The summed E-state index contributed by atoms with van der Waals surface area (Å²) in [6.45, 7) is 1.14. The largest absolute Gasteiger partial charge is 0.374 e. The van der Waals surface area contributed by atoms with Crippen molar-refractivity contribution in [1.82, 2.24) is 0 Å². The van der Waals surface area contributed by atoms with Crippen LogP contribution < -0.4 is 5.32 Å². The Morgan fingerprint density at radius 3 is 2.89 bits per heavy atom. The lowest BCUT2D eigenvalue weighted by atomic mass is 9.99. The molecule has 0 amide bonds. The van der Waals surface area contributed by atoms with E-state index in [1.807, 2.05) is 24.3 Å². The van der Waals surface area contributed by atoms with E-state index in [9.17, 15) is 4.39 Å². The summed E-state index contributed by atoms with van der Waals surface area (Å²) in [5.41, 5.74) is 2.73. The predicted octanol–water partition coefficient (Wildman–Crippen LogP) is 4.16. The molecule has 1 heterocycles. The number of fused-ring (bicyclic) bond motifs is 1. The molecule has 0 aliphatic carbocycles. The van der Waals surface area contributed by atoms with E-state index in [0.29, 0.717) is 23.9 Å². The molecule has 1 atom stereocenters. The summed E-state index contributed by atoms with van der Waals surface area (Å²) >= 11 is 5.75. The molecule has 4 heteroatoms. The predicted molar refractivity (Wildman–Crippen MR) is 73.9 cm³/mol. The molecule has 0 fully saturated rings. The average Bonchev–Trinajstić information content (AvgIpc) is 2.42.